The van der Waals surface area contributed by atoms with Crippen LogP contribution < -0.4 is 10.5 Å². The fraction of sp³-hybridized carbons (Fsp3) is 0.333. The predicted molar refractivity (Wildman–Crippen MR) is 47.0 cm³/mol. The molecule has 0 radical (unpaired) electrons. The number of ether oxygens (including phenoxy) is 1. The van der Waals surface area contributed by atoms with Crippen molar-refractivity contribution >= 4 is 5.69 Å². The van der Waals surface area contributed by atoms with Gasteiger partial charge in [-0.1, -0.05) is 0 Å². The summed E-state index contributed by atoms with van der Waals surface area (Å²) in [7, 11) is 0. The molecule has 0 aromatic heterocycles. The average Bonchev–Trinajstić information content (AvgIpc) is 2.08. The molecular formula is C9H9F4NO. The molecule has 1 unspecified atom stereocenters. The summed E-state index contributed by atoms with van der Waals surface area (Å²) in [5, 5.41) is 0. The Morgan fingerprint density at radius 2 is 1.93 bits per heavy atom. The van der Waals surface area contributed by atoms with Crippen LogP contribution in [0.2, 0.25) is 0 Å². The largest absolute Gasteiger partial charge is 0.479 e. The van der Waals surface area contributed by atoms with Gasteiger partial charge in [0.2, 0.25) is 0 Å². The molecular weight excluding hydrogens is 214 g/mol. The van der Waals surface area contributed by atoms with Gasteiger partial charge in [0.15, 0.2) is 6.10 Å². The van der Waals surface area contributed by atoms with Crippen LogP contribution in [0.5, 0.6) is 5.75 Å². The van der Waals surface area contributed by atoms with Crippen molar-refractivity contribution in [1.29, 1.82) is 0 Å². The smallest absolute Gasteiger partial charge is 0.425 e. The highest BCUT2D eigenvalue weighted by atomic mass is 19.4. The van der Waals surface area contributed by atoms with Gasteiger partial charge in [0.25, 0.3) is 0 Å². The lowest BCUT2D eigenvalue weighted by Gasteiger charge is -2.18. The van der Waals surface area contributed by atoms with Crippen molar-refractivity contribution in [3.63, 3.8) is 0 Å². The molecule has 1 aromatic carbocycles. The lowest BCUT2D eigenvalue weighted by atomic mass is 10.3. The van der Waals surface area contributed by atoms with Crippen LogP contribution in [-0.4, -0.2) is 12.3 Å². The first-order valence-electron chi connectivity index (χ1n) is 4.09. The van der Waals surface area contributed by atoms with Crippen LogP contribution in [0.4, 0.5) is 23.2 Å². The minimum Gasteiger partial charge on any atom is -0.479 e. The van der Waals surface area contributed by atoms with E-state index in [1.165, 1.54) is 0 Å². The fourth-order valence-corrected chi connectivity index (χ4v) is 0.884. The zero-order valence-corrected chi connectivity index (χ0v) is 7.81. The highest BCUT2D eigenvalue weighted by Gasteiger charge is 2.38. The maximum atomic E-state index is 12.6. The molecule has 2 N–H and O–H groups in total. The molecule has 6 heteroatoms. The highest BCUT2D eigenvalue weighted by Crippen LogP contribution is 2.28. The molecule has 0 fully saturated rings. The Kier molecular flexibility index (Phi) is 3.06. The number of nitrogens with two attached hydrogens (primary N) is 1. The van der Waals surface area contributed by atoms with Crippen LogP contribution in [0.1, 0.15) is 6.92 Å². The lowest BCUT2D eigenvalue weighted by molar-refractivity contribution is -0.189. The molecule has 1 rings (SSSR count). The van der Waals surface area contributed by atoms with Gasteiger partial charge in [0.1, 0.15) is 11.6 Å². The molecule has 0 aliphatic rings. The molecule has 0 saturated carbocycles. The minimum atomic E-state index is -4.47. The number of halogens is 4. The summed E-state index contributed by atoms with van der Waals surface area (Å²) in [5.74, 6) is -0.805. The van der Waals surface area contributed by atoms with E-state index in [0.29, 0.717) is 0 Å². The zero-order valence-electron chi connectivity index (χ0n) is 7.81. The van der Waals surface area contributed by atoms with E-state index in [1.807, 2.05) is 0 Å². The summed E-state index contributed by atoms with van der Waals surface area (Å²) in [6.45, 7) is 0.850. The maximum absolute atomic E-state index is 12.6. The Bertz CT molecular complexity index is 350. The van der Waals surface area contributed by atoms with Gasteiger partial charge in [-0.25, -0.2) is 4.39 Å². The number of rotatable bonds is 2. The molecule has 0 amide bonds. The molecule has 0 bridgehead atoms. The third-order valence-corrected chi connectivity index (χ3v) is 1.74. The van der Waals surface area contributed by atoms with Gasteiger partial charge >= 0.3 is 6.18 Å². The van der Waals surface area contributed by atoms with Gasteiger partial charge in [0, 0.05) is 6.07 Å². The minimum absolute atomic E-state index is 0.161. The summed E-state index contributed by atoms with van der Waals surface area (Å²) >= 11 is 0. The van der Waals surface area contributed by atoms with E-state index in [9.17, 15) is 17.6 Å². The number of benzene rings is 1. The highest BCUT2D eigenvalue weighted by molar-refractivity contribution is 5.52. The van der Waals surface area contributed by atoms with E-state index in [0.717, 1.165) is 25.1 Å². The number of hydrogen-bond acceptors (Lipinski definition) is 2. The van der Waals surface area contributed by atoms with Crippen molar-refractivity contribution in [2.75, 3.05) is 5.73 Å². The lowest BCUT2D eigenvalue weighted by Crippen LogP contribution is -2.31. The quantitative estimate of drug-likeness (QED) is 0.618. The third kappa shape index (κ3) is 3.00. The van der Waals surface area contributed by atoms with Gasteiger partial charge in [-0.15, -0.1) is 0 Å². The second-order valence-electron chi connectivity index (χ2n) is 2.98. The predicted octanol–water partition coefficient (Wildman–Crippen LogP) is 2.74. The SMILES string of the molecule is CC(Oc1ccc(F)cc1N)C(F)(F)F. The summed E-state index contributed by atoms with van der Waals surface area (Å²) in [5.41, 5.74) is 5.12. The van der Waals surface area contributed by atoms with E-state index in [4.69, 9.17) is 5.73 Å². The molecule has 0 saturated heterocycles. The second-order valence-corrected chi connectivity index (χ2v) is 2.98. The van der Waals surface area contributed by atoms with E-state index in [-0.39, 0.29) is 11.4 Å². The van der Waals surface area contributed by atoms with Crippen LogP contribution in [0.25, 0.3) is 0 Å². The Morgan fingerprint density at radius 3 is 2.40 bits per heavy atom. The van der Waals surface area contributed by atoms with Gasteiger partial charge in [-0.3, -0.25) is 0 Å². The molecule has 0 spiro atoms. The van der Waals surface area contributed by atoms with Gasteiger partial charge in [-0.05, 0) is 19.1 Å². The Balaban J connectivity index is 2.82. The van der Waals surface area contributed by atoms with Crippen LogP contribution in [0.3, 0.4) is 0 Å². The molecule has 2 nitrogen and oxygen atoms in total. The van der Waals surface area contributed by atoms with Gasteiger partial charge in [-0.2, -0.15) is 13.2 Å². The van der Waals surface area contributed by atoms with Crippen LogP contribution in [0.15, 0.2) is 18.2 Å². The fourth-order valence-electron chi connectivity index (χ4n) is 0.884. The van der Waals surface area contributed by atoms with Crippen molar-refractivity contribution in [1.82, 2.24) is 0 Å². The second kappa shape index (κ2) is 3.96. The number of hydrogen-bond donors (Lipinski definition) is 1. The number of anilines is 1. The van der Waals surface area contributed by atoms with Crippen LogP contribution in [-0.2, 0) is 0 Å². The van der Waals surface area contributed by atoms with Crippen molar-refractivity contribution in [3.05, 3.63) is 24.0 Å². The van der Waals surface area contributed by atoms with Crippen molar-refractivity contribution in [2.24, 2.45) is 0 Å². The topological polar surface area (TPSA) is 35.2 Å². The number of alkyl halides is 3. The van der Waals surface area contributed by atoms with Crippen molar-refractivity contribution < 1.29 is 22.3 Å². The van der Waals surface area contributed by atoms with Crippen LogP contribution >= 0.6 is 0 Å². The van der Waals surface area contributed by atoms with Gasteiger partial charge in [0.05, 0.1) is 5.69 Å². The monoisotopic (exact) mass is 223 g/mol. The van der Waals surface area contributed by atoms with E-state index in [2.05, 4.69) is 4.74 Å². The molecule has 15 heavy (non-hydrogen) atoms. The summed E-state index contributed by atoms with van der Waals surface area (Å²) in [6.07, 6.45) is -6.45. The van der Waals surface area contributed by atoms with Crippen molar-refractivity contribution in [3.8, 4) is 5.75 Å². The number of nitrogen functional groups attached to an aromatic ring is 1. The Labute approximate surface area is 83.6 Å². The maximum Gasteiger partial charge on any atom is 0.425 e. The van der Waals surface area contributed by atoms with E-state index < -0.39 is 18.1 Å². The van der Waals surface area contributed by atoms with Crippen molar-refractivity contribution in [2.45, 2.75) is 19.2 Å². The normalized spacial score (nSPS) is 13.7. The first-order chi connectivity index (χ1) is 6.80. The Hall–Kier alpha value is -1.46. The van der Waals surface area contributed by atoms with Gasteiger partial charge < -0.3 is 10.5 Å². The zero-order chi connectivity index (χ0) is 11.6. The molecule has 0 aliphatic carbocycles. The third-order valence-electron chi connectivity index (χ3n) is 1.74. The molecule has 1 aromatic rings. The first kappa shape index (κ1) is 11.6. The summed E-state index contributed by atoms with van der Waals surface area (Å²) in [6, 6.07) is 2.94. The van der Waals surface area contributed by atoms with E-state index >= 15 is 0 Å². The average molecular weight is 223 g/mol. The summed E-state index contributed by atoms with van der Waals surface area (Å²) < 4.78 is 53.4. The molecule has 1 atom stereocenters. The molecule has 84 valence electrons. The standard InChI is InChI=1S/C9H9F4NO/c1-5(9(11,12)13)15-8-3-2-6(10)4-7(8)14/h2-5H,14H2,1H3. The summed E-state index contributed by atoms with van der Waals surface area (Å²) in [4.78, 5) is 0. The first-order valence-corrected chi connectivity index (χ1v) is 4.09. The van der Waals surface area contributed by atoms with Crippen LogP contribution in [0, 0.1) is 5.82 Å². The molecule has 0 heterocycles. The Morgan fingerprint density at radius 1 is 1.33 bits per heavy atom. The molecule has 0 aliphatic heterocycles. The van der Waals surface area contributed by atoms with E-state index in [1.54, 1.807) is 0 Å².